The highest BCUT2D eigenvalue weighted by Gasteiger charge is 2.43. The van der Waals surface area contributed by atoms with Crippen LogP contribution in [0.3, 0.4) is 0 Å². The smallest absolute Gasteiger partial charge is 0.346 e. The molecule has 0 aromatic carbocycles. The number of anilines is 2. The van der Waals surface area contributed by atoms with E-state index in [1.54, 1.807) is 0 Å². The molecule has 3 aromatic heterocycles. The second-order valence-electron chi connectivity index (χ2n) is 5.64. The molecular weight excluding hydrogens is 360 g/mol. The second-order valence-corrected chi connectivity index (χ2v) is 5.64. The zero-order valence-electron chi connectivity index (χ0n) is 13.9. The average Bonchev–Trinajstić information content (AvgIpc) is 3.18. The molecule has 8 N–H and O–H groups in total. The van der Waals surface area contributed by atoms with Gasteiger partial charge in [0, 0.05) is 6.20 Å². The van der Waals surface area contributed by atoms with Crippen LogP contribution in [-0.4, -0.2) is 69.7 Å². The maximum absolute atomic E-state index is 10.2. The first-order chi connectivity index (χ1) is 12.9. The number of aliphatic hydroxyl groups is 3. The molecule has 13 heteroatoms. The van der Waals surface area contributed by atoms with Gasteiger partial charge >= 0.3 is 5.69 Å². The van der Waals surface area contributed by atoms with Crippen LogP contribution >= 0.6 is 0 Å². The number of nitrogens with two attached hydrogens (primary N) is 2. The van der Waals surface area contributed by atoms with Gasteiger partial charge in [0.2, 0.25) is 0 Å². The Bertz CT molecular complexity index is 975. The Hall–Kier alpha value is -3.13. The number of rotatable bonds is 2. The number of nitrogen functional groups attached to an aromatic ring is 2. The van der Waals surface area contributed by atoms with Crippen molar-refractivity contribution in [3.05, 3.63) is 35.4 Å². The van der Waals surface area contributed by atoms with Crippen LogP contribution in [0.2, 0.25) is 0 Å². The molecule has 1 aliphatic heterocycles. The van der Waals surface area contributed by atoms with E-state index in [2.05, 4.69) is 24.9 Å². The fourth-order valence-corrected chi connectivity index (χ4v) is 2.55. The fourth-order valence-electron chi connectivity index (χ4n) is 2.55. The molecular formula is C14H18N8O5. The van der Waals surface area contributed by atoms with Crippen molar-refractivity contribution in [1.29, 1.82) is 0 Å². The van der Waals surface area contributed by atoms with Gasteiger partial charge in [-0.1, -0.05) is 0 Å². The van der Waals surface area contributed by atoms with Crippen molar-refractivity contribution >= 4 is 22.8 Å². The Morgan fingerprint density at radius 2 is 1.96 bits per heavy atom. The van der Waals surface area contributed by atoms with Gasteiger partial charge in [-0.05, 0) is 6.07 Å². The van der Waals surface area contributed by atoms with Crippen LogP contribution in [0.1, 0.15) is 6.23 Å². The Morgan fingerprint density at radius 1 is 1.19 bits per heavy atom. The molecule has 0 aliphatic carbocycles. The zero-order chi connectivity index (χ0) is 19.6. The minimum Gasteiger partial charge on any atom is -0.394 e. The van der Waals surface area contributed by atoms with E-state index in [1.807, 2.05) is 0 Å². The van der Waals surface area contributed by atoms with Crippen molar-refractivity contribution in [2.24, 2.45) is 0 Å². The Kier molecular flexibility index (Phi) is 5.27. The zero-order valence-corrected chi connectivity index (χ0v) is 13.9. The van der Waals surface area contributed by atoms with E-state index in [4.69, 9.17) is 21.3 Å². The van der Waals surface area contributed by atoms with Gasteiger partial charge in [0.15, 0.2) is 17.7 Å². The third-order valence-corrected chi connectivity index (χ3v) is 3.88. The number of hydrogen-bond donors (Lipinski definition) is 6. The molecule has 4 atom stereocenters. The molecule has 0 saturated carbocycles. The van der Waals surface area contributed by atoms with Crippen LogP contribution in [0, 0.1) is 0 Å². The van der Waals surface area contributed by atoms with E-state index >= 15 is 0 Å². The minimum absolute atomic E-state index is 0.218. The number of hydrogen-bond acceptors (Lipinski definition) is 11. The summed E-state index contributed by atoms with van der Waals surface area (Å²) in [6.07, 6.45) is -0.0677. The first-order valence-electron chi connectivity index (χ1n) is 7.78. The minimum atomic E-state index is -1.19. The maximum atomic E-state index is 10.2. The van der Waals surface area contributed by atoms with Gasteiger partial charge in [0.25, 0.3) is 0 Å². The molecule has 13 nitrogen and oxygen atoms in total. The molecule has 1 saturated heterocycles. The van der Waals surface area contributed by atoms with Crippen molar-refractivity contribution in [3.63, 3.8) is 0 Å². The van der Waals surface area contributed by atoms with E-state index in [1.165, 1.54) is 29.5 Å². The van der Waals surface area contributed by atoms with Crippen LogP contribution in [-0.2, 0) is 4.74 Å². The number of ether oxygens (including phenoxy) is 1. The number of nitrogens with zero attached hydrogens (tertiary/aromatic N) is 5. The molecule has 0 bridgehead atoms. The number of aliphatic hydroxyl groups excluding tert-OH is 3. The summed E-state index contributed by atoms with van der Waals surface area (Å²) < 4.78 is 6.85. The summed E-state index contributed by atoms with van der Waals surface area (Å²) >= 11 is 0. The molecule has 27 heavy (non-hydrogen) atoms. The quantitative estimate of drug-likeness (QED) is 0.271. The number of aromatic nitrogens is 6. The van der Waals surface area contributed by atoms with Crippen molar-refractivity contribution in [3.8, 4) is 0 Å². The third-order valence-electron chi connectivity index (χ3n) is 3.88. The monoisotopic (exact) mass is 378 g/mol. The molecule has 3 aromatic rings. The summed E-state index contributed by atoms with van der Waals surface area (Å²) in [5.41, 5.74) is 11.2. The Balaban J connectivity index is 0.000000221. The third kappa shape index (κ3) is 3.70. The molecule has 0 amide bonds. The number of imidazole rings is 1. The van der Waals surface area contributed by atoms with E-state index < -0.39 is 36.8 Å². The predicted octanol–water partition coefficient (Wildman–Crippen LogP) is -2.63. The molecule has 1 fully saturated rings. The van der Waals surface area contributed by atoms with Gasteiger partial charge in [0.1, 0.15) is 36.0 Å². The summed E-state index contributed by atoms with van der Waals surface area (Å²) in [4.78, 5) is 27.8. The Labute approximate surface area is 151 Å². The fraction of sp³-hybridized carbons (Fsp3) is 0.357. The highest BCUT2D eigenvalue weighted by Crippen LogP contribution is 2.31. The van der Waals surface area contributed by atoms with Crippen LogP contribution in [0.5, 0.6) is 0 Å². The van der Waals surface area contributed by atoms with E-state index in [-0.39, 0.29) is 5.82 Å². The number of H-pyrrole nitrogens is 1. The predicted molar refractivity (Wildman–Crippen MR) is 92.0 cm³/mol. The molecule has 144 valence electrons. The lowest BCUT2D eigenvalue weighted by Crippen LogP contribution is -2.33. The molecule has 4 heterocycles. The Morgan fingerprint density at radius 3 is 2.56 bits per heavy atom. The molecule has 0 unspecified atom stereocenters. The highest BCUT2D eigenvalue weighted by atomic mass is 16.6. The lowest BCUT2D eigenvalue weighted by Gasteiger charge is -2.16. The summed E-state index contributed by atoms with van der Waals surface area (Å²) in [6.45, 7) is -0.390. The number of aromatic amines is 1. The van der Waals surface area contributed by atoms with Crippen molar-refractivity contribution in [1.82, 2.24) is 29.5 Å². The largest absolute Gasteiger partial charge is 0.394 e. The molecule has 4 rings (SSSR count). The molecule has 0 spiro atoms. The van der Waals surface area contributed by atoms with Crippen LogP contribution in [0.4, 0.5) is 11.6 Å². The van der Waals surface area contributed by atoms with Crippen LogP contribution < -0.4 is 17.2 Å². The highest BCUT2D eigenvalue weighted by molar-refractivity contribution is 5.81. The first-order valence-corrected chi connectivity index (χ1v) is 7.78. The van der Waals surface area contributed by atoms with Crippen molar-refractivity contribution in [2.45, 2.75) is 24.5 Å². The SMILES string of the molecule is Nc1ccnc(=O)[nH]1.Nc1ncnc2c1ncn2[C@@H]1O[C@H](CO)[C@@H](O)[C@H]1O. The van der Waals surface area contributed by atoms with E-state index in [0.717, 1.165) is 0 Å². The lowest BCUT2D eigenvalue weighted by molar-refractivity contribution is -0.0511. The van der Waals surface area contributed by atoms with E-state index in [9.17, 15) is 15.0 Å². The van der Waals surface area contributed by atoms with Crippen LogP contribution in [0.25, 0.3) is 11.2 Å². The number of nitrogens with one attached hydrogen (secondary N) is 1. The summed E-state index contributed by atoms with van der Waals surface area (Å²) in [5.74, 6) is 0.556. The van der Waals surface area contributed by atoms with Gasteiger partial charge < -0.3 is 31.5 Å². The molecule has 0 radical (unpaired) electrons. The number of fused-ring (bicyclic) bond motifs is 1. The average molecular weight is 378 g/mol. The normalized spacial score (nSPS) is 24.6. The topological polar surface area (TPSA) is 211 Å². The van der Waals surface area contributed by atoms with Crippen molar-refractivity contribution < 1.29 is 20.1 Å². The van der Waals surface area contributed by atoms with Crippen molar-refractivity contribution in [2.75, 3.05) is 18.1 Å². The van der Waals surface area contributed by atoms with E-state index in [0.29, 0.717) is 17.0 Å². The lowest BCUT2D eigenvalue weighted by atomic mass is 10.1. The summed E-state index contributed by atoms with van der Waals surface area (Å²) in [5, 5.41) is 28.7. The maximum Gasteiger partial charge on any atom is 0.346 e. The van der Waals surface area contributed by atoms with Crippen LogP contribution in [0.15, 0.2) is 29.7 Å². The summed E-state index contributed by atoms with van der Waals surface area (Å²) in [6, 6.07) is 1.52. The van der Waals surface area contributed by atoms with Gasteiger partial charge in [-0.25, -0.2) is 24.7 Å². The molecule has 1 aliphatic rings. The first kappa shape index (κ1) is 18.7. The van der Waals surface area contributed by atoms with Gasteiger partial charge in [-0.3, -0.25) is 9.55 Å². The van der Waals surface area contributed by atoms with Gasteiger partial charge in [-0.2, -0.15) is 0 Å². The second kappa shape index (κ2) is 7.63. The summed E-state index contributed by atoms with van der Waals surface area (Å²) in [7, 11) is 0. The standard InChI is InChI=1S/C10H13N5O4.C4H5N3O/c11-8-5-9(13-2-12-8)15(3-14-5)10-7(18)6(17)4(1-16)19-10;5-3-1-2-6-4(8)7-3/h2-4,6-7,10,16-18H,1H2,(H2,11,12,13);1-2H,(H3,5,6,7,8)/t4-,6-,7-,10-;/m1./s1. The van der Waals surface area contributed by atoms with Gasteiger partial charge in [-0.15, -0.1) is 0 Å². The van der Waals surface area contributed by atoms with Gasteiger partial charge in [0.05, 0.1) is 12.9 Å².